The van der Waals surface area contributed by atoms with E-state index in [-0.39, 0.29) is 11.5 Å². The van der Waals surface area contributed by atoms with Crippen molar-refractivity contribution in [1.82, 2.24) is 0 Å². The summed E-state index contributed by atoms with van der Waals surface area (Å²) in [5.41, 5.74) is 0.480. The zero-order valence-corrected chi connectivity index (χ0v) is 9.17. The van der Waals surface area contributed by atoms with E-state index in [0.29, 0.717) is 5.56 Å². The molecule has 0 amide bonds. The molecule has 12 heavy (non-hydrogen) atoms. The SMILES string of the molecule is O=C(c1cccc(O)c1)C(Br)Br. The average Bonchev–Trinajstić information content (AvgIpc) is 2.03. The number of carbonyl (C=O) groups excluding carboxylic acids is 1. The van der Waals surface area contributed by atoms with Crippen LogP contribution in [0.2, 0.25) is 0 Å². The van der Waals surface area contributed by atoms with Crippen molar-refractivity contribution in [2.75, 3.05) is 0 Å². The number of carbonyl (C=O) groups is 1. The molecule has 1 aromatic carbocycles. The number of benzene rings is 1. The second-order valence-corrected chi connectivity index (χ2v) is 5.28. The summed E-state index contributed by atoms with van der Waals surface area (Å²) in [7, 11) is 0. The summed E-state index contributed by atoms with van der Waals surface area (Å²) in [5, 5.41) is 9.06. The van der Waals surface area contributed by atoms with Crippen LogP contribution in [0.15, 0.2) is 24.3 Å². The van der Waals surface area contributed by atoms with Gasteiger partial charge in [0.15, 0.2) is 5.78 Å². The van der Waals surface area contributed by atoms with Crippen LogP contribution in [-0.2, 0) is 0 Å². The average molecular weight is 294 g/mol. The van der Waals surface area contributed by atoms with E-state index in [1.54, 1.807) is 12.1 Å². The molecule has 0 fully saturated rings. The third kappa shape index (κ3) is 2.32. The number of alkyl halides is 2. The van der Waals surface area contributed by atoms with Crippen LogP contribution >= 0.6 is 31.9 Å². The number of hydrogen-bond acceptors (Lipinski definition) is 2. The molecule has 0 aromatic heterocycles. The molecule has 0 saturated heterocycles. The zero-order valence-electron chi connectivity index (χ0n) is 6.00. The van der Waals surface area contributed by atoms with Crippen LogP contribution in [0.25, 0.3) is 0 Å². The first-order valence-electron chi connectivity index (χ1n) is 3.22. The van der Waals surface area contributed by atoms with Crippen LogP contribution in [0, 0.1) is 0 Å². The van der Waals surface area contributed by atoms with Gasteiger partial charge in [0.05, 0.1) is 0 Å². The van der Waals surface area contributed by atoms with E-state index in [9.17, 15) is 4.79 Å². The molecule has 0 radical (unpaired) electrons. The van der Waals surface area contributed by atoms with Gasteiger partial charge in [-0.2, -0.15) is 0 Å². The van der Waals surface area contributed by atoms with Crippen molar-refractivity contribution in [2.45, 2.75) is 3.74 Å². The summed E-state index contributed by atoms with van der Waals surface area (Å²) in [5.74, 6) is -0.00704. The lowest BCUT2D eigenvalue weighted by Gasteiger charge is -2.00. The summed E-state index contributed by atoms with van der Waals surface area (Å²) < 4.78 is -0.396. The molecule has 0 aliphatic heterocycles. The molecule has 0 aliphatic rings. The molecule has 4 heteroatoms. The molecular weight excluding hydrogens is 288 g/mol. The van der Waals surface area contributed by atoms with Crippen LogP contribution in [0.1, 0.15) is 10.4 Å². The number of phenolic OH excluding ortho intramolecular Hbond substituents is 1. The first-order chi connectivity index (χ1) is 5.61. The fraction of sp³-hybridized carbons (Fsp3) is 0.125. The molecule has 0 saturated carbocycles. The predicted molar refractivity (Wildman–Crippen MR) is 54.1 cm³/mol. The van der Waals surface area contributed by atoms with Gasteiger partial charge in [0, 0.05) is 5.56 Å². The summed E-state index contributed by atoms with van der Waals surface area (Å²) in [6, 6.07) is 6.23. The number of ketones is 1. The van der Waals surface area contributed by atoms with Crippen molar-refractivity contribution in [3.8, 4) is 5.75 Å². The van der Waals surface area contributed by atoms with E-state index in [4.69, 9.17) is 5.11 Å². The monoisotopic (exact) mass is 292 g/mol. The first-order valence-corrected chi connectivity index (χ1v) is 5.06. The Morgan fingerprint density at radius 3 is 2.58 bits per heavy atom. The molecule has 1 N–H and O–H groups in total. The fourth-order valence-corrected chi connectivity index (χ4v) is 1.31. The molecule has 0 atom stereocenters. The third-order valence-corrected chi connectivity index (χ3v) is 2.16. The Morgan fingerprint density at radius 2 is 2.08 bits per heavy atom. The summed E-state index contributed by atoms with van der Waals surface area (Å²) in [6.45, 7) is 0. The van der Waals surface area contributed by atoms with Crippen LogP contribution in [-0.4, -0.2) is 14.6 Å². The van der Waals surface area contributed by atoms with Crippen LogP contribution in [0.4, 0.5) is 0 Å². The second kappa shape index (κ2) is 4.05. The standard InChI is InChI=1S/C8H6Br2O2/c9-8(10)7(12)5-2-1-3-6(11)4-5/h1-4,8,11H. The van der Waals surface area contributed by atoms with Crippen molar-refractivity contribution < 1.29 is 9.90 Å². The lowest BCUT2D eigenvalue weighted by molar-refractivity contribution is 0.101. The van der Waals surface area contributed by atoms with Crippen molar-refractivity contribution >= 4 is 37.6 Å². The topological polar surface area (TPSA) is 37.3 Å². The van der Waals surface area contributed by atoms with E-state index >= 15 is 0 Å². The molecule has 0 heterocycles. The number of halogens is 2. The Kier molecular flexibility index (Phi) is 3.29. The Hall–Kier alpha value is -0.350. The van der Waals surface area contributed by atoms with Crippen LogP contribution in [0.5, 0.6) is 5.75 Å². The molecule has 1 aromatic rings. The highest BCUT2D eigenvalue weighted by molar-refractivity contribution is 9.25. The Balaban J connectivity index is 2.96. The number of rotatable bonds is 2. The zero-order chi connectivity index (χ0) is 9.14. The maximum atomic E-state index is 11.3. The van der Waals surface area contributed by atoms with E-state index in [1.807, 2.05) is 0 Å². The fourth-order valence-electron chi connectivity index (χ4n) is 0.785. The smallest absolute Gasteiger partial charge is 0.187 e. The molecule has 0 spiro atoms. The summed E-state index contributed by atoms with van der Waals surface area (Å²) in [6.07, 6.45) is 0. The molecule has 0 unspecified atom stereocenters. The molecule has 1 rings (SSSR count). The Labute approximate surface area is 86.9 Å². The lowest BCUT2D eigenvalue weighted by atomic mass is 10.1. The number of phenols is 1. The van der Waals surface area contributed by atoms with Gasteiger partial charge in [-0.1, -0.05) is 44.0 Å². The van der Waals surface area contributed by atoms with E-state index in [2.05, 4.69) is 31.9 Å². The maximum Gasteiger partial charge on any atom is 0.187 e. The normalized spacial score (nSPS) is 10.2. The predicted octanol–water partition coefficient (Wildman–Crippen LogP) is 2.69. The minimum Gasteiger partial charge on any atom is -0.508 e. The molecular formula is C8H6Br2O2. The quantitative estimate of drug-likeness (QED) is 0.672. The van der Waals surface area contributed by atoms with Crippen molar-refractivity contribution in [2.24, 2.45) is 0 Å². The molecule has 0 aliphatic carbocycles. The van der Waals surface area contributed by atoms with Gasteiger partial charge >= 0.3 is 0 Å². The van der Waals surface area contributed by atoms with Gasteiger partial charge in [0.2, 0.25) is 0 Å². The maximum absolute atomic E-state index is 11.3. The highest BCUT2D eigenvalue weighted by atomic mass is 79.9. The minimum atomic E-state index is -0.396. The minimum absolute atomic E-state index is 0.0986. The number of aromatic hydroxyl groups is 1. The lowest BCUT2D eigenvalue weighted by Crippen LogP contribution is -2.06. The summed E-state index contributed by atoms with van der Waals surface area (Å²) >= 11 is 6.17. The van der Waals surface area contributed by atoms with E-state index in [1.165, 1.54) is 12.1 Å². The van der Waals surface area contributed by atoms with Crippen LogP contribution < -0.4 is 0 Å². The van der Waals surface area contributed by atoms with Gasteiger partial charge in [-0.3, -0.25) is 4.79 Å². The van der Waals surface area contributed by atoms with Gasteiger partial charge in [-0.05, 0) is 12.1 Å². The largest absolute Gasteiger partial charge is 0.508 e. The number of Topliss-reactive ketones (excluding diaryl/α,β-unsaturated/α-hetero) is 1. The molecule has 0 bridgehead atoms. The first kappa shape index (κ1) is 9.74. The van der Waals surface area contributed by atoms with E-state index in [0.717, 1.165) is 0 Å². The second-order valence-electron chi connectivity index (χ2n) is 2.22. The van der Waals surface area contributed by atoms with Gasteiger partial charge in [0.1, 0.15) is 9.49 Å². The summed E-state index contributed by atoms with van der Waals surface area (Å²) in [4.78, 5) is 11.3. The van der Waals surface area contributed by atoms with Gasteiger partial charge in [0.25, 0.3) is 0 Å². The third-order valence-electron chi connectivity index (χ3n) is 1.33. The Morgan fingerprint density at radius 1 is 1.42 bits per heavy atom. The van der Waals surface area contributed by atoms with Crippen molar-refractivity contribution in [3.63, 3.8) is 0 Å². The molecule has 64 valence electrons. The van der Waals surface area contributed by atoms with Crippen molar-refractivity contribution in [3.05, 3.63) is 29.8 Å². The van der Waals surface area contributed by atoms with Crippen molar-refractivity contribution in [1.29, 1.82) is 0 Å². The van der Waals surface area contributed by atoms with E-state index < -0.39 is 3.74 Å². The van der Waals surface area contributed by atoms with Gasteiger partial charge < -0.3 is 5.11 Å². The van der Waals surface area contributed by atoms with Gasteiger partial charge in [-0.25, -0.2) is 0 Å². The highest BCUT2D eigenvalue weighted by Gasteiger charge is 2.12. The Bertz CT molecular complexity index is 297. The highest BCUT2D eigenvalue weighted by Crippen LogP contribution is 2.18. The van der Waals surface area contributed by atoms with Gasteiger partial charge in [-0.15, -0.1) is 0 Å². The molecule has 2 nitrogen and oxygen atoms in total. The number of hydrogen-bond donors (Lipinski definition) is 1. The van der Waals surface area contributed by atoms with Crippen LogP contribution in [0.3, 0.4) is 0 Å².